The summed E-state index contributed by atoms with van der Waals surface area (Å²) in [5, 5.41) is 9.67. The third kappa shape index (κ3) is 6.30. The number of halogens is 1. The van der Waals surface area contributed by atoms with Crippen molar-refractivity contribution in [3.8, 4) is 5.69 Å². The second-order valence-electron chi connectivity index (χ2n) is 9.31. The molecule has 1 amide bonds. The summed E-state index contributed by atoms with van der Waals surface area (Å²) in [6.45, 7) is 8.84. The van der Waals surface area contributed by atoms with E-state index >= 15 is 0 Å². The number of carbonyl (C=O) groups is 1. The van der Waals surface area contributed by atoms with Gasteiger partial charge in [-0.2, -0.15) is 0 Å². The second-order valence-corrected chi connectivity index (χ2v) is 10.3. The van der Waals surface area contributed by atoms with Crippen LogP contribution in [-0.4, -0.2) is 55.4 Å². The molecule has 0 N–H and O–H groups in total. The van der Waals surface area contributed by atoms with Gasteiger partial charge in [-0.25, -0.2) is 4.39 Å². The highest BCUT2D eigenvalue weighted by atomic mass is 32.2. The van der Waals surface area contributed by atoms with E-state index in [-0.39, 0.29) is 29.6 Å². The molecule has 1 aliphatic rings. The van der Waals surface area contributed by atoms with E-state index < -0.39 is 0 Å². The minimum absolute atomic E-state index is 0.0492. The van der Waals surface area contributed by atoms with E-state index in [0.29, 0.717) is 11.7 Å². The average molecular weight is 496 g/mol. The zero-order valence-electron chi connectivity index (χ0n) is 20.7. The molecule has 186 valence electrons. The topological polar surface area (TPSA) is 54.3 Å². The fourth-order valence-electron chi connectivity index (χ4n) is 4.50. The molecule has 1 atom stereocenters. The SMILES string of the molecule is CC(c1nnc(SCC(=O)N(Cc2ccccc2)C(C)C)n1-c1ccc(F)cc1)N1CCCCC1. The molecule has 4 rings (SSSR count). The number of benzene rings is 2. The Hall–Kier alpha value is -2.71. The quantitative estimate of drug-likeness (QED) is 0.368. The van der Waals surface area contributed by atoms with Gasteiger partial charge in [0.1, 0.15) is 5.82 Å². The van der Waals surface area contributed by atoms with Crippen molar-refractivity contribution in [2.75, 3.05) is 18.8 Å². The molecule has 0 spiro atoms. The molecule has 35 heavy (non-hydrogen) atoms. The molecular formula is C27H34FN5OS. The van der Waals surface area contributed by atoms with Crippen molar-refractivity contribution < 1.29 is 9.18 Å². The zero-order chi connectivity index (χ0) is 24.8. The predicted octanol–water partition coefficient (Wildman–Crippen LogP) is 5.48. The molecule has 8 heteroatoms. The fourth-order valence-corrected chi connectivity index (χ4v) is 5.34. The number of carbonyl (C=O) groups excluding carboxylic acids is 1. The minimum Gasteiger partial charge on any atom is -0.335 e. The highest BCUT2D eigenvalue weighted by Gasteiger charge is 2.26. The summed E-state index contributed by atoms with van der Waals surface area (Å²) < 4.78 is 15.7. The lowest BCUT2D eigenvalue weighted by molar-refractivity contribution is -0.130. The van der Waals surface area contributed by atoms with Crippen LogP contribution >= 0.6 is 11.8 Å². The lowest BCUT2D eigenvalue weighted by Crippen LogP contribution is -2.37. The number of piperidine rings is 1. The van der Waals surface area contributed by atoms with Crippen molar-refractivity contribution >= 4 is 17.7 Å². The molecular weight excluding hydrogens is 461 g/mol. The first-order valence-corrected chi connectivity index (χ1v) is 13.3. The zero-order valence-corrected chi connectivity index (χ0v) is 21.5. The normalized spacial score (nSPS) is 15.3. The van der Waals surface area contributed by atoms with Crippen LogP contribution in [0.4, 0.5) is 4.39 Å². The van der Waals surface area contributed by atoms with Gasteiger partial charge in [-0.05, 0) is 76.5 Å². The van der Waals surface area contributed by atoms with Crippen molar-refractivity contribution in [3.05, 3.63) is 71.8 Å². The van der Waals surface area contributed by atoms with Crippen LogP contribution in [0.25, 0.3) is 5.69 Å². The average Bonchev–Trinajstić information content (AvgIpc) is 3.30. The summed E-state index contributed by atoms with van der Waals surface area (Å²) in [6.07, 6.45) is 3.61. The number of hydrogen-bond donors (Lipinski definition) is 0. The minimum atomic E-state index is -0.287. The Balaban J connectivity index is 1.56. The molecule has 6 nitrogen and oxygen atoms in total. The second kappa shape index (κ2) is 11.8. The first-order valence-electron chi connectivity index (χ1n) is 12.4. The van der Waals surface area contributed by atoms with E-state index in [1.807, 2.05) is 53.6 Å². The standard InChI is InChI=1S/C27H34FN5OS/c1-20(2)32(18-22-10-6-4-7-11-22)25(34)19-35-27-30-29-26(21(3)31-16-8-5-9-17-31)33(27)24-14-12-23(28)13-15-24/h4,6-7,10-15,20-21H,5,8-9,16-19H2,1-3H3. The maximum atomic E-state index is 13.7. The highest BCUT2D eigenvalue weighted by Crippen LogP contribution is 2.29. The molecule has 1 aliphatic heterocycles. The molecule has 2 aromatic carbocycles. The molecule has 1 aromatic heterocycles. The van der Waals surface area contributed by atoms with E-state index in [1.54, 1.807) is 12.1 Å². The summed E-state index contributed by atoms with van der Waals surface area (Å²) in [6, 6.07) is 16.6. The summed E-state index contributed by atoms with van der Waals surface area (Å²) >= 11 is 1.38. The Kier molecular flexibility index (Phi) is 8.57. The van der Waals surface area contributed by atoms with Gasteiger partial charge in [-0.1, -0.05) is 48.5 Å². The number of aromatic nitrogens is 3. The van der Waals surface area contributed by atoms with E-state index in [1.165, 1.54) is 43.2 Å². The van der Waals surface area contributed by atoms with Gasteiger partial charge in [-0.3, -0.25) is 14.3 Å². The third-order valence-electron chi connectivity index (χ3n) is 6.52. The van der Waals surface area contributed by atoms with Gasteiger partial charge >= 0.3 is 0 Å². The first kappa shape index (κ1) is 25.4. The van der Waals surface area contributed by atoms with Crippen LogP contribution in [0.1, 0.15) is 57.5 Å². The maximum absolute atomic E-state index is 13.7. The summed E-state index contributed by atoms with van der Waals surface area (Å²) in [7, 11) is 0. The fraction of sp³-hybridized carbons (Fsp3) is 0.444. The van der Waals surface area contributed by atoms with Gasteiger partial charge in [0.15, 0.2) is 11.0 Å². The Bertz CT molecular complexity index is 1100. The number of thioether (sulfide) groups is 1. The van der Waals surface area contributed by atoms with Crippen LogP contribution in [0.2, 0.25) is 0 Å². The van der Waals surface area contributed by atoms with Gasteiger partial charge in [0, 0.05) is 18.3 Å². The number of amides is 1. The monoisotopic (exact) mass is 495 g/mol. The Morgan fingerprint density at radius 1 is 1.00 bits per heavy atom. The van der Waals surface area contributed by atoms with Crippen LogP contribution in [-0.2, 0) is 11.3 Å². The number of hydrogen-bond acceptors (Lipinski definition) is 5. The van der Waals surface area contributed by atoms with Gasteiger partial charge in [0.25, 0.3) is 0 Å². The van der Waals surface area contributed by atoms with Crippen LogP contribution in [0.5, 0.6) is 0 Å². The molecule has 2 heterocycles. The molecule has 1 saturated heterocycles. The van der Waals surface area contributed by atoms with Gasteiger partial charge < -0.3 is 4.90 Å². The summed E-state index contributed by atoms with van der Waals surface area (Å²) in [5.41, 5.74) is 1.90. The molecule has 0 bridgehead atoms. The predicted molar refractivity (Wildman–Crippen MR) is 138 cm³/mol. The van der Waals surface area contributed by atoms with Crippen molar-refractivity contribution in [2.24, 2.45) is 0 Å². The Morgan fingerprint density at radius 3 is 2.34 bits per heavy atom. The maximum Gasteiger partial charge on any atom is 0.233 e. The van der Waals surface area contributed by atoms with E-state index in [2.05, 4.69) is 22.0 Å². The van der Waals surface area contributed by atoms with Crippen molar-refractivity contribution in [1.82, 2.24) is 24.6 Å². The third-order valence-corrected chi connectivity index (χ3v) is 7.43. The summed E-state index contributed by atoms with van der Waals surface area (Å²) in [4.78, 5) is 17.5. The lowest BCUT2D eigenvalue weighted by atomic mass is 10.1. The lowest BCUT2D eigenvalue weighted by Gasteiger charge is -2.32. The van der Waals surface area contributed by atoms with Gasteiger partial charge in [-0.15, -0.1) is 10.2 Å². The number of likely N-dealkylation sites (tertiary alicyclic amines) is 1. The molecule has 0 saturated carbocycles. The van der Waals surface area contributed by atoms with Crippen LogP contribution in [0, 0.1) is 5.82 Å². The van der Waals surface area contributed by atoms with Crippen LogP contribution in [0.3, 0.4) is 0 Å². The van der Waals surface area contributed by atoms with Crippen molar-refractivity contribution in [2.45, 2.75) is 63.8 Å². The number of rotatable bonds is 9. The van der Waals surface area contributed by atoms with Crippen molar-refractivity contribution in [3.63, 3.8) is 0 Å². The van der Waals surface area contributed by atoms with Gasteiger partial charge in [0.05, 0.1) is 11.8 Å². The van der Waals surface area contributed by atoms with Crippen molar-refractivity contribution in [1.29, 1.82) is 0 Å². The van der Waals surface area contributed by atoms with Crippen LogP contribution < -0.4 is 0 Å². The highest BCUT2D eigenvalue weighted by molar-refractivity contribution is 7.99. The van der Waals surface area contributed by atoms with E-state index in [0.717, 1.165) is 30.2 Å². The van der Waals surface area contributed by atoms with Gasteiger partial charge in [0.2, 0.25) is 5.91 Å². The number of nitrogens with zero attached hydrogens (tertiary/aromatic N) is 5. The molecule has 0 radical (unpaired) electrons. The Morgan fingerprint density at radius 2 is 1.69 bits per heavy atom. The molecule has 1 fully saturated rings. The molecule has 1 unspecified atom stereocenters. The van der Waals surface area contributed by atoms with Crippen LogP contribution in [0.15, 0.2) is 59.8 Å². The smallest absolute Gasteiger partial charge is 0.233 e. The summed E-state index contributed by atoms with van der Waals surface area (Å²) in [5.74, 6) is 0.833. The molecule has 3 aromatic rings. The van der Waals surface area contributed by atoms with E-state index in [9.17, 15) is 9.18 Å². The molecule has 0 aliphatic carbocycles. The van der Waals surface area contributed by atoms with E-state index in [4.69, 9.17) is 0 Å². The first-order chi connectivity index (χ1) is 16.9. The largest absolute Gasteiger partial charge is 0.335 e. The Labute approximate surface area is 211 Å².